The number of nitrogens with one attached hydrogen (secondary N) is 6. The lowest BCUT2D eigenvalue weighted by atomic mass is 10.1. The Labute approximate surface area is 187 Å². The fourth-order valence-corrected chi connectivity index (χ4v) is 2.67. The summed E-state index contributed by atoms with van der Waals surface area (Å²) in [6, 6.07) is -2.33. The van der Waals surface area contributed by atoms with Crippen molar-refractivity contribution in [1.29, 1.82) is 0 Å². The van der Waals surface area contributed by atoms with Crippen LogP contribution in [0.1, 0.15) is 11.4 Å². The van der Waals surface area contributed by atoms with Crippen LogP contribution < -0.4 is 27.0 Å². The number of carbonyl (C=O) groups excluding carboxylic acids is 4. The van der Waals surface area contributed by atoms with Gasteiger partial charge in [0.25, 0.3) is 0 Å². The molecule has 0 spiro atoms. The van der Waals surface area contributed by atoms with Crippen LogP contribution in [0.4, 0.5) is 0 Å². The van der Waals surface area contributed by atoms with E-state index in [4.69, 9.17) is 5.73 Å². The number of carbonyl (C=O) groups is 5. The normalized spacial score (nSPS) is 12.3. The number of H-pyrrole nitrogens is 2. The van der Waals surface area contributed by atoms with Crippen molar-refractivity contribution >= 4 is 29.6 Å². The van der Waals surface area contributed by atoms with Crippen LogP contribution in [-0.4, -0.2) is 86.4 Å². The van der Waals surface area contributed by atoms with Gasteiger partial charge in [-0.25, -0.2) is 14.8 Å². The quantitative estimate of drug-likeness (QED) is 0.145. The third-order valence-electron chi connectivity index (χ3n) is 4.30. The molecule has 15 heteroatoms. The first-order chi connectivity index (χ1) is 15.8. The van der Waals surface area contributed by atoms with Crippen molar-refractivity contribution < 1.29 is 29.1 Å². The number of carboxylic acid groups (broad SMARTS) is 1. The average Bonchev–Trinajstić information content (AvgIpc) is 3.49. The van der Waals surface area contributed by atoms with E-state index in [1.54, 1.807) is 0 Å². The molecule has 0 unspecified atom stereocenters. The first-order valence-corrected chi connectivity index (χ1v) is 9.79. The molecule has 0 aromatic carbocycles. The third-order valence-corrected chi connectivity index (χ3v) is 4.30. The molecule has 2 aromatic rings. The van der Waals surface area contributed by atoms with Crippen molar-refractivity contribution in [3.05, 3.63) is 36.4 Å². The Hall–Kier alpha value is -4.27. The van der Waals surface area contributed by atoms with E-state index < -0.39 is 54.8 Å². The van der Waals surface area contributed by atoms with E-state index in [1.165, 1.54) is 25.0 Å². The van der Waals surface area contributed by atoms with Crippen molar-refractivity contribution in [2.45, 2.75) is 24.9 Å². The molecule has 0 fully saturated rings. The predicted molar refractivity (Wildman–Crippen MR) is 111 cm³/mol. The second kappa shape index (κ2) is 12.6. The molecule has 9 N–H and O–H groups in total. The van der Waals surface area contributed by atoms with E-state index in [1.807, 2.05) is 0 Å². The fraction of sp³-hybridized carbons (Fsp3) is 0.389. The Kier molecular flexibility index (Phi) is 9.51. The van der Waals surface area contributed by atoms with Gasteiger partial charge >= 0.3 is 5.97 Å². The highest BCUT2D eigenvalue weighted by Crippen LogP contribution is 2.00. The van der Waals surface area contributed by atoms with Gasteiger partial charge in [-0.15, -0.1) is 0 Å². The zero-order chi connectivity index (χ0) is 24.2. The highest BCUT2D eigenvalue weighted by Gasteiger charge is 2.24. The van der Waals surface area contributed by atoms with Crippen LogP contribution in [0.2, 0.25) is 0 Å². The minimum atomic E-state index is -1.26. The highest BCUT2D eigenvalue weighted by atomic mass is 16.4. The Morgan fingerprint density at radius 1 is 0.848 bits per heavy atom. The van der Waals surface area contributed by atoms with E-state index in [0.717, 1.165) is 0 Å². The lowest BCUT2D eigenvalue weighted by molar-refractivity contribution is -0.141. The zero-order valence-corrected chi connectivity index (χ0v) is 17.5. The van der Waals surface area contributed by atoms with Gasteiger partial charge in [0.05, 0.1) is 32.3 Å². The molecule has 15 nitrogen and oxygen atoms in total. The van der Waals surface area contributed by atoms with Crippen LogP contribution >= 0.6 is 0 Å². The maximum Gasteiger partial charge on any atom is 0.326 e. The van der Waals surface area contributed by atoms with E-state index in [-0.39, 0.29) is 19.4 Å². The molecular formula is C18H25N9O6. The topological polar surface area (TPSA) is 237 Å². The van der Waals surface area contributed by atoms with Crippen LogP contribution in [0, 0.1) is 0 Å². The second-order valence-corrected chi connectivity index (χ2v) is 6.84. The summed E-state index contributed by atoms with van der Waals surface area (Å²) in [5.41, 5.74) is 6.21. The molecule has 0 aliphatic heterocycles. The molecule has 178 valence electrons. The molecule has 4 amide bonds. The number of amides is 4. The van der Waals surface area contributed by atoms with Gasteiger partial charge in [-0.1, -0.05) is 0 Å². The molecule has 2 heterocycles. The van der Waals surface area contributed by atoms with Crippen LogP contribution in [0.25, 0.3) is 0 Å². The number of hydrogen-bond donors (Lipinski definition) is 8. The zero-order valence-electron chi connectivity index (χ0n) is 17.5. The second-order valence-electron chi connectivity index (χ2n) is 6.84. The SMILES string of the molecule is NCC(=O)NCC(=O)N[C@@H](Cc1cnc[nH]1)C(=O)NCC(=O)N[C@@H](Cc1cnc[nH]1)C(=O)O. The Morgan fingerprint density at radius 2 is 1.36 bits per heavy atom. The first kappa shape index (κ1) is 25.0. The Morgan fingerprint density at radius 3 is 1.85 bits per heavy atom. The summed E-state index contributed by atoms with van der Waals surface area (Å²) in [6.07, 6.45) is 5.67. The minimum absolute atomic E-state index is 0.0257. The minimum Gasteiger partial charge on any atom is -0.480 e. The molecule has 33 heavy (non-hydrogen) atoms. The van der Waals surface area contributed by atoms with Crippen LogP contribution in [-0.2, 0) is 36.8 Å². The molecule has 2 rings (SSSR count). The lowest BCUT2D eigenvalue weighted by Crippen LogP contribution is -2.53. The maximum atomic E-state index is 12.6. The highest BCUT2D eigenvalue weighted by molar-refractivity contribution is 5.93. The van der Waals surface area contributed by atoms with E-state index in [2.05, 4.69) is 41.2 Å². The number of nitrogens with two attached hydrogens (primary N) is 1. The molecule has 0 saturated carbocycles. The van der Waals surface area contributed by atoms with Crippen molar-refractivity contribution in [2.75, 3.05) is 19.6 Å². The first-order valence-electron chi connectivity index (χ1n) is 9.79. The number of nitrogens with zero attached hydrogens (tertiary/aromatic N) is 2. The van der Waals surface area contributed by atoms with Crippen LogP contribution in [0.15, 0.2) is 25.0 Å². The number of carboxylic acids is 1. The summed E-state index contributed by atoms with van der Waals surface area (Å²) in [5, 5.41) is 18.7. The molecule has 0 radical (unpaired) electrons. The van der Waals surface area contributed by atoms with Gasteiger partial charge in [-0.05, 0) is 0 Å². The third kappa shape index (κ3) is 8.78. The molecule has 0 aliphatic carbocycles. The van der Waals surface area contributed by atoms with Crippen molar-refractivity contribution in [3.8, 4) is 0 Å². The van der Waals surface area contributed by atoms with E-state index >= 15 is 0 Å². The average molecular weight is 463 g/mol. The molecule has 0 aliphatic rings. The number of imidazole rings is 2. The lowest BCUT2D eigenvalue weighted by Gasteiger charge is -2.19. The number of hydrogen-bond acceptors (Lipinski definition) is 8. The number of rotatable bonds is 13. The number of aromatic amines is 2. The molecule has 2 atom stereocenters. The molecular weight excluding hydrogens is 438 g/mol. The summed E-state index contributed by atoms with van der Waals surface area (Å²) in [5.74, 6) is -3.88. The summed E-state index contributed by atoms with van der Waals surface area (Å²) in [6.45, 7) is -1.21. The van der Waals surface area contributed by atoms with Gasteiger partial charge in [0.15, 0.2) is 0 Å². The summed E-state index contributed by atoms with van der Waals surface area (Å²) >= 11 is 0. The van der Waals surface area contributed by atoms with Gasteiger partial charge in [-0.2, -0.15) is 0 Å². The largest absolute Gasteiger partial charge is 0.480 e. The number of aromatic nitrogens is 4. The predicted octanol–water partition coefficient (Wildman–Crippen LogP) is -3.84. The summed E-state index contributed by atoms with van der Waals surface area (Å²) in [4.78, 5) is 72.7. The van der Waals surface area contributed by atoms with Crippen molar-refractivity contribution in [3.63, 3.8) is 0 Å². The fourth-order valence-electron chi connectivity index (χ4n) is 2.67. The molecule has 0 bridgehead atoms. The molecule has 2 aromatic heterocycles. The maximum absolute atomic E-state index is 12.6. The van der Waals surface area contributed by atoms with Crippen molar-refractivity contribution in [1.82, 2.24) is 41.2 Å². The number of aliphatic carboxylic acids is 1. The smallest absolute Gasteiger partial charge is 0.326 e. The van der Waals surface area contributed by atoms with Crippen molar-refractivity contribution in [2.24, 2.45) is 5.73 Å². The van der Waals surface area contributed by atoms with Gasteiger partial charge in [0.2, 0.25) is 23.6 Å². The van der Waals surface area contributed by atoms with Gasteiger partial charge < -0.3 is 42.1 Å². The van der Waals surface area contributed by atoms with E-state index in [0.29, 0.717) is 11.4 Å². The van der Waals surface area contributed by atoms with Crippen LogP contribution in [0.5, 0.6) is 0 Å². The van der Waals surface area contributed by atoms with E-state index in [9.17, 15) is 29.1 Å². The summed E-state index contributed by atoms with van der Waals surface area (Å²) in [7, 11) is 0. The monoisotopic (exact) mass is 463 g/mol. The van der Waals surface area contributed by atoms with Crippen LogP contribution in [0.3, 0.4) is 0 Å². The Bertz CT molecular complexity index is 945. The standard InChI is InChI=1S/C18H25N9O6/c19-3-14(28)22-6-15(29)26-12(1-10-4-20-8-24-10)17(31)23-7-16(30)27-13(18(32)33)2-11-5-21-9-25-11/h4-5,8-9,12-13H,1-3,6-7,19H2,(H,20,24)(H,21,25)(H,22,28)(H,23,31)(H,26,29)(H,27,30)(H,32,33)/t12-,13-/m0/s1. The van der Waals surface area contributed by atoms with Gasteiger partial charge in [0, 0.05) is 36.6 Å². The van der Waals surface area contributed by atoms with Gasteiger partial charge in [-0.3, -0.25) is 19.2 Å². The summed E-state index contributed by atoms with van der Waals surface area (Å²) < 4.78 is 0. The van der Waals surface area contributed by atoms with Gasteiger partial charge in [0.1, 0.15) is 12.1 Å². The molecule has 0 saturated heterocycles. The Balaban J connectivity index is 1.91.